The van der Waals surface area contributed by atoms with Gasteiger partial charge in [0.05, 0.1) is 53.2 Å². The summed E-state index contributed by atoms with van der Waals surface area (Å²) in [5, 5.41) is 11.2. The Hall–Kier alpha value is -4.71. The van der Waals surface area contributed by atoms with E-state index in [9.17, 15) is 14.7 Å². The van der Waals surface area contributed by atoms with Gasteiger partial charge >= 0.3 is 0 Å². The van der Waals surface area contributed by atoms with Gasteiger partial charge in [-0.25, -0.2) is 0 Å². The fourth-order valence-corrected chi connectivity index (χ4v) is 12.9. The van der Waals surface area contributed by atoms with Crippen LogP contribution in [0.25, 0.3) is 5.69 Å². The number of nitrogens with zero attached hydrogens (tertiary/aromatic N) is 3. The van der Waals surface area contributed by atoms with E-state index in [1.54, 1.807) is 35.2 Å². The van der Waals surface area contributed by atoms with Gasteiger partial charge in [-0.05, 0) is 73.0 Å². The van der Waals surface area contributed by atoms with Crippen LogP contribution in [0, 0.1) is 5.92 Å². The smallest absolute Gasteiger partial charge is 0.297 e. The Balaban J connectivity index is 1.40. The number of aliphatic hydroxyl groups excluding tert-OH is 1. The monoisotopic (exact) mass is 707 g/mol. The van der Waals surface area contributed by atoms with E-state index in [1.807, 2.05) is 60.7 Å². The lowest BCUT2D eigenvalue weighted by Crippen LogP contribution is -2.52. The van der Waals surface area contributed by atoms with Gasteiger partial charge in [-0.2, -0.15) is 0 Å². The zero-order chi connectivity index (χ0) is 36.1. The van der Waals surface area contributed by atoms with E-state index >= 15 is 4.79 Å². The van der Waals surface area contributed by atoms with Crippen molar-refractivity contribution in [3.8, 4) is 17.2 Å². The maximum Gasteiger partial charge on any atom is 0.297 e. The van der Waals surface area contributed by atoms with Crippen molar-refractivity contribution in [2.75, 3.05) is 32.3 Å². The summed E-state index contributed by atoms with van der Waals surface area (Å²) < 4.78 is 19.6. The third-order valence-corrected chi connectivity index (χ3v) is 15.8. The van der Waals surface area contributed by atoms with Gasteiger partial charge in [0.15, 0.2) is 11.4 Å². The molecule has 3 aliphatic heterocycles. The van der Waals surface area contributed by atoms with Crippen LogP contribution in [-0.4, -0.2) is 74.0 Å². The van der Waals surface area contributed by atoms with Crippen LogP contribution in [0.1, 0.15) is 31.7 Å². The first-order chi connectivity index (χ1) is 24.6. The van der Waals surface area contributed by atoms with E-state index in [1.165, 1.54) is 11.7 Å². The molecule has 0 unspecified atom stereocenters. The molecule has 0 saturated carbocycles. The molecule has 10 nitrogen and oxygen atoms in total. The Morgan fingerprint density at radius 1 is 0.961 bits per heavy atom. The fraction of sp³-hybridized carbons (Fsp3) is 0.375. The van der Waals surface area contributed by atoms with Crippen molar-refractivity contribution < 1.29 is 28.9 Å². The number of ether oxygens (including phenoxy) is 3. The molecule has 2 fully saturated rings. The average Bonchev–Trinajstić information content (AvgIpc) is 3.81. The topological polar surface area (TPSA) is 111 Å². The molecule has 4 heterocycles. The van der Waals surface area contributed by atoms with Crippen molar-refractivity contribution in [2.24, 2.45) is 5.92 Å². The normalized spacial score (nSPS) is 24.3. The molecule has 2 amide bonds. The van der Waals surface area contributed by atoms with E-state index < -0.39 is 19.8 Å². The van der Waals surface area contributed by atoms with Crippen LogP contribution >= 0.6 is 0 Å². The molecule has 0 radical (unpaired) electrons. The Morgan fingerprint density at radius 3 is 2.39 bits per heavy atom. The van der Waals surface area contributed by atoms with Crippen LogP contribution in [0.3, 0.4) is 0 Å². The Bertz CT molecular complexity index is 2000. The minimum Gasteiger partial charge on any atom is -0.497 e. The summed E-state index contributed by atoms with van der Waals surface area (Å²) in [5.41, 5.74) is 0.668. The Morgan fingerprint density at radius 2 is 1.71 bits per heavy atom. The highest BCUT2D eigenvalue weighted by atomic mass is 28.3. The van der Waals surface area contributed by atoms with E-state index in [0.717, 1.165) is 23.8 Å². The molecule has 266 valence electrons. The SMILES string of the molecule is COc1ccc([Si](C)(C)[C@H]2[C@H](CC(=O)N3CCC[C@H]3CO)O[C@@]3(C(=O)N(c4ccccc4)c4ccc(-n5cccc(OC)c5=O)cc43)[C@@H]2C)cc1. The number of aromatic nitrogens is 1. The molecule has 4 aromatic rings. The van der Waals surface area contributed by atoms with Crippen LogP contribution in [0.4, 0.5) is 11.4 Å². The lowest BCUT2D eigenvalue weighted by molar-refractivity contribution is -0.149. The van der Waals surface area contributed by atoms with Crippen molar-refractivity contribution in [3.63, 3.8) is 0 Å². The average molecular weight is 708 g/mol. The predicted octanol–water partition coefficient (Wildman–Crippen LogP) is 5.12. The van der Waals surface area contributed by atoms with Gasteiger partial charge in [0.2, 0.25) is 5.91 Å². The summed E-state index contributed by atoms with van der Waals surface area (Å²) in [7, 11) is 0.577. The summed E-state index contributed by atoms with van der Waals surface area (Å²) in [4.78, 5) is 46.3. The zero-order valence-corrected chi connectivity index (χ0v) is 30.7. The summed E-state index contributed by atoms with van der Waals surface area (Å²) in [5.74, 6) is 0.302. The van der Waals surface area contributed by atoms with Crippen LogP contribution in [0.2, 0.25) is 18.6 Å². The highest BCUT2D eigenvalue weighted by molar-refractivity contribution is 6.91. The molecule has 3 aromatic carbocycles. The fourth-order valence-electron chi connectivity index (χ4n) is 8.89. The van der Waals surface area contributed by atoms with Gasteiger partial charge in [0, 0.05) is 35.6 Å². The minimum absolute atomic E-state index is 0.0763. The predicted molar refractivity (Wildman–Crippen MR) is 198 cm³/mol. The molecule has 1 aromatic heterocycles. The number of methoxy groups -OCH3 is 2. The van der Waals surface area contributed by atoms with Crippen molar-refractivity contribution >= 4 is 36.4 Å². The van der Waals surface area contributed by atoms with Crippen LogP contribution in [0.5, 0.6) is 11.5 Å². The van der Waals surface area contributed by atoms with Gasteiger partial charge in [0.25, 0.3) is 11.5 Å². The van der Waals surface area contributed by atoms with Crippen molar-refractivity contribution in [2.45, 2.75) is 62.6 Å². The molecule has 7 rings (SSSR count). The molecular formula is C40H45N3O7Si. The van der Waals surface area contributed by atoms with Crippen molar-refractivity contribution in [3.05, 3.63) is 107 Å². The van der Waals surface area contributed by atoms with E-state index in [-0.39, 0.29) is 53.7 Å². The van der Waals surface area contributed by atoms with Crippen molar-refractivity contribution in [1.82, 2.24) is 9.47 Å². The minimum atomic E-state index is -2.53. The first-order valence-electron chi connectivity index (χ1n) is 17.6. The zero-order valence-electron chi connectivity index (χ0n) is 29.7. The van der Waals surface area contributed by atoms with Crippen LogP contribution in [0.15, 0.2) is 95.9 Å². The second kappa shape index (κ2) is 13.4. The van der Waals surface area contributed by atoms with Gasteiger partial charge in [-0.15, -0.1) is 0 Å². The lowest BCUT2D eigenvalue weighted by atomic mass is 9.82. The second-order valence-corrected chi connectivity index (χ2v) is 19.0. The molecule has 1 spiro atoms. The number of benzene rings is 3. The molecule has 0 bridgehead atoms. The molecular weight excluding hydrogens is 663 g/mol. The number of pyridine rings is 1. The van der Waals surface area contributed by atoms with Gasteiger partial charge in [-0.1, -0.05) is 55.5 Å². The molecule has 2 saturated heterocycles. The standard InChI is InChI=1S/C40H45N3O7Si/c1-26-37(51(4,5)31-18-16-30(48-2)17-19-31)35(24-36(45)41-21-9-13-29(41)25-44)50-40(26)32-23-28(42-22-10-14-34(49-3)38(42)46)15-20-33(32)43(39(40)47)27-11-7-6-8-12-27/h6-8,10-12,14-20,22-23,26,29,35,37,44H,9,13,21,24-25H2,1-5H3/t26-,29+,35+,37-,40+/m1/s1. The first kappa shape index (κ1) is 34.7. The molecule has 1 N–H and O–H groups in total. The number of anilines is 2. The summed E-state index contributed by atoms with van der Waals surface area (Å²) in [6.07, 6.45) is 2.77. The highest BCUT2D eigenvalue weighted by Gasteiger charge is 2.67. The Kier molecular flexibility index (Phi) is 9.15. The summed E-state index contributed by atoms with van der Waals surface area (Å²) >= 11 is 0. The first-order valence-corrected chi connectivity index (χ1v) is 20.7. The van der Waals surface area contributed by atoms with E-state index in [4.69, 9.17) is 14.2 Å². The number of fused-ring (bicyclic) bond motifs is 2. The number of carbonyl (C=O) groups excluding carboxylic acids is 2. The number of hydrogen-bond acceptors (Lipinski definition) is 7. The van der Waals surface area contributed by atoms with E-state index in [0.29, 0.717) is 29.2 Å². The molecule has 0 aliphatic carbocycles. The number of hydrogen-bond donors (Lipinski definition) is 1. The van der Waals surface area contributed by atoms with Crippen LogP contribution in [-0.2, 0) is 19.9 Å². The van der Waals surface area contributed by atoms with Crippen LogP contribution < -0.4 is 25.1 Å². The van der Waals surface area contributed by atoms with Crippen molar-refractivity contribution in [1.29, 1.82) is 0 Å². The number of para-hydroxylation sites is 1. The number of aliphatic hydroxyl groups is 1. The maximum atomic E-state index is 15.3. The molecule has 51 heavy (non-hydrogen) atoms. The number of carbonyl (C=O) groups is 2. The number of rotatable bonds is 9. The summed E-state index contributed by atoms with van der Waals surface area (Å²) in [6.45, 7) is 7.15. The lowest BCUT2D eigenvalue weighted by Gasteiger charge is -2.37. The highest BCUT2D eigenvalue weighted by Crippen LogP contribution is 2.61. The molecule has 3 aliphatic rings. The van der Waals surface area contributed by atoms with Gasteiger partial charge in [-0.3, -0.25) is 23.9 Å². The Labute approximate surface area is 299 Å². The summed E-state index contributed by atoms with van der Waals surface area (Å²) in [6, 6.07) is 26.4. The van der Waals surface area contributed by atoms with E-state index in [2.05, 4.69) is 32.2 Å². The van der Waals surface area contributed by atoms with Gasteiger partial charge < -0.3 is 24.2 Å². The van der Waals surface area contributed by atoms with Gasteiger partial charge in [0.1, 0.15) is 5.75 Å². The number of likely N-dealkylation sites (tertiary alicyclic amines) is 1. The quantitative estimate of drug-likeness (QED) is 0.241. The maximum absolute atomic E-state index is 15.3. The number of amides is 2. The third-order valence-electron chi connectivity index (χ3n) is 11.4. The largest absolute Gasteiger partial charge is 0.497 e. The molecule has 11 heteroatoms. The third kappa shape index (κ3) is 5.58. The molecule has 5 atom stereocenters. The second-order valence-electron chi connectivity index (χ2n) is 14.4.